The highest BCUT2D eigenvalue weighted by Crippen LogP contribution is 2.21. The Hall–Kier alpha value is -2.67. The molecule has 0 saturated heterocycles. The van der Waals surface area contributed by atoms with Gasteiger partial charge in [-0.2, -0.15) is 0 Å². The maximum absolute atomic E-state index is 12.8. The van der Waals surface area contributed by atoms with Crippen molar-refractivity contribution in [1.29, 1.82) is 0 Å². The number of benzene rings is 1. The molecule has 2 heterocycles. The van der Waals surface area contributed by atoms with Gasteiger partial charge in [0.1, 0.15) is 5.69 Å². The minimum absolute atomic E-state index is 0.204. The maximum Gasteiger partial charge on any atom is 0.287 e. The number of carbonyl (C=O) groups excluding carboxylic acids is 2. The number of carbonyl (C=O) groups is 2. The minimum Gasteiger partial charge on any atom is -0.349 e. The van der Waals surface area contributed by atoms with Gasteiger partial charge in [0.25, 0.3) is 11.8 Å². The largest absolute Gasteiger partial charge is 0.349 e. The quantitative estimate of drug-likeness (QED) is 0.669. The standard InChI is InChI=1S/C22H31N5O2/c1-16-8-6-9-17(14-16)15-24-21(28)19-18-10-4-5-13-27(18)20(25-19)22(29)23-11-7-12-26(2)3/h6,8-9,14H,4-5,7,10-13,15H2,1-3H3,(H,23,29)(H,24,28). The number of fused-ring (bicyclic) bond motifs is 1. The van der Waals surface area contributed by atoms with Gasteiger partial charge in [-0.25, -0.2) is 4.98 Å². The number of hydrogen-bond acceptors (Lipinski definition) is 4. The monoisotopic (exact) mass is 397 g/mol. The first-order chi connectivity index (χ1) is 14.0. The Morgan fingerprint density at radius 2 is 2.00 bits per heavy atom. The van der Waals surface area contributed by atoms with E-state index >= 15 is 0 Å². The lowest BCUT2D eigenvalue weighted by Gasteiger charge is -2.17. The lowest BCUT2D eigenvalue weighted by molar-refractivity contribution is 0.0936. The Morgan fingerprint density at radius 3 is 2.76 bits per heavy atom. The van der Waals surface area contributed by atoms with E-state index in [1.54, 1.807) is 0 Å². The first-order valence-corrected chi connectivity index (χ1v) is 10.3. The van der Waals surface area contributed by atoms with E-state index < -0.39 is 0 Å². The number of amides is 2. The number of nitrogens with zero attached hydrogens (tertiary/aromatic N) is 3. The normalized spacial score (nSPS) is 13.2. The second kappa shape index (κ2) is 9.69. The van der Waals surface area contributed by atoms with Crippen molar-refractivity contribution in [3.05, 3.63) is 52.6 Å². The minimum atomic E-state index is -0.219. The van der Waals surface area contributed by atoms with Crippen molar-refractivity contribution >= 4 is 11.8 Å². The molecule has 7 heteroatoms. The third-order valence-corrected chi connectivity index (χ3v) is 5.14. The van der Waals surface area contributed by atoms with Crippen molar-refractivity contribution in [2.75, 3.05) is 27.2 Å². The van der Waals surface area contributed by atoms with Gasteiger partial charge >= 0.3 is 0 Å². The van der Waals surface area contributed by atoms with Crippen molar-refractivity contribution in [1.82, 2.24) is 25.1 Å². The Bertz CT molecular complexity index is 872. The van der Waals surface area contributed by atoms with E-state index in [-0.39, 0.29) is 11.8 Å². The number of hydrogen-bond donors (Lipinski definition) is 2. The molecule has 0 atom stereocenters. The molecule has 2 N–H and O–H groups in total. The molecule has 156 valence electrons. The van der Waals surface area contributed by atoms with Gasteiger partial charge in [0, 0.05) is 19.6 Å². The van der Waals surface area contributed by atoms with E-state index in [1.165, 1.54) is 0 Å². The number of imidazole rings is 1. The summed E-state index contributed by atoms with van der Waals surface area (Å²) in [6.07, 6.45) is 3.65. The predicted octanol–water partition coefficient (Wildman–Crippen LogP) is 2.14. The molecule has 0 fully saturated rings. The molecule has 0 aliphatic carbocycles. The summed E-state index contributed by atoms with van der Waals surface area (Å²) in [4.78, 5) is 32.0. The molecule has 0 bridgehead atoms. The molecular weight excluding hydrogens is 366 g/mol. The Labute approximate surface area is 172 Å². The molecular formula is C22H31N5O2. The molecule has 0 radical (unpaired) electrons. The van der Waals surface area contributed by atoms with Gasteiger partial charge in [-0.1, -0.05) is 29.8 Å². The average molecular weight is 398 g/mol. The van der Waals surface area contributed by atoms with Crippen molar-refractivity contribution in [3.8, 4) is 0 Å². The molecule has 29 heavy (non-hydrogen) atoms. The summed E-state index contributed by atoms with van der Waals surface area (Å²) in [6.45, 7) is 4.70. The topological polar surface area (TPSA) is 79.3 Å². The SMILES string of the molecule is Cc1cccc(CNC(=O)c2nc(C(=O)NCCCN(C)C)n3c2CCCC3)c1. The number of aromatic nitrogens is 2. The van der Waals surface area contributed by atoms with Crippen LogP contribution in [0.2, 0.25) is 0 Å². The van der Waals surface area contributed by atoms with Crippen LogP contribution in [0.15, 0.2) is 24.3 Å². The van der Waals surface area contributed by atoms with E-state index in [1.807, 2.05) is 43.8 Å². The zero-order chi connectivity index (χ0) is 20.8. The van der Waals surface area contributed by atoms with Gasteiger partial charge in [-0.15, -0.1) is 0 Å². The summed E-state index contributed by atoms with van der Waals surface area (Å²) in [5.74, 6) is -0.0706. The third-order valence-electron chi connectivity index (χ3n) is 5.14. The first kappa shape index (κ1) is 21.0. The van der Waals surface area contributed by atoms with Crippen molar-refractivity contribution in [2.24, 2.45) is 0 Å². The summed E-state index contributed by atoms with van der Waals surface area (Å²) < 4.78 is 1.92. The molecule has 2 aromatic rings. The van der Waals surface area contributed by atoms with Crippen molar-refractivity contribution in [3.63, 3.8) is 0 Å². The number of rotatable bonds is 8. The van der Waals surface area contributed by atoms with Crippen LogP contribution in [-0.2, 0) is 19.5 Å². The fraction of sp³-hybridized carbons (Fsp3) is 0.500. The van der Waals surface area contributed by atoms with Gasteiger partial charge in [0.15, 0.2) is 5.82 Å². The highest BCUT2D eigenvalue weighted by Gasteiger charge is 2.27. The lowest BCUT2D eigenvalue weighted by atomic mass is 10.1. The van der Waals surface area contributed by atoms with Crippen molar-refractivity contribution in [2.45, 2.75) is 45.7 Å². The fourth-order valence-electron chi connectivity index (χ4n) is 3.66. The second-order valence-corrected chi connectivity index (χ2v) is 7.92. The Kier molecular flexibility index (Phi) is 7.04. The number of nitrogens with one attached hydrogen (secondary N) is 2. The summed E-state index contributed by atoms with van der Waals surface area (Å²) in [7, 11) is 4.02. The molecule has 7 nitrogen and oxygen atoms in total. The van der Waals surface area contributed by atoms with Crippen LogP contribution in [0.1, 0.15) is 57.2 Å². The van der Waals surface area contributed by atoms with E-state index in [9.17, 15) is 9.59 Å². The van der Waals surface area contributed by atoms with Crippen LogP contribution in [0.25, 0.3) is 0 Å². The smallest absolute Gasteiger partial charge is 0.287 e. The fourth-order valence-corrected chi connectivity index (χ4v) is 3.66. The van der Waals surface area contributed by atoms with Gasteiger partial charge in [0.05, 0.1) is 5.69 Å². The number of aryl methyl sites for hydroxylation is 1. The molecule has 1 aliphatic rings. The van der Waals surface area contributed by atoms with E-state index in [2.05, 4.69) is 26.6 Å². The van der Waals surface area contributed by atoms with Crippen LogP contribution in [0.4, 0.5) is 0 Å². The molecule has 1 aromatic heterocycles. The van der Waals surface area contributed by atoms with Gasteiger partial charge in [0.2, 0.25) is 0 Å². The van der Waals surface area contributed by atoms with E-state index in [0.717, 1.165) is 55.6 Å². The first-order valence-electron chi connectivity index (χ1n) is 10.3. The molecule has 3 rings (SSSR count). The van der Waals surface area contributed by atoms with Crippen LogP contribution in [0.5, 0.6) is 0 Å². The van der Waals surface area contributed by atoms with Gasteiger partial charge in [-0.3, -0.25) is 9.59 Å². The van der Waals surface area contributed by atoms with Crippen LogP contribution >= 0.6 is 0 Å². The van der Waals surface area contributed by atoms with E-state index in [0.29, 0.717) is 24.6 Å². The van der Waals surface area contributed by atoms with Gasteiger partial charge < -0.3 is 20.1 Å². The van der Waals surface area contributed by atoms with Gasteiger partial charge in [-0.05, 0) is 58.8 Å². The predicted molar refractivity (Wildman–Crippen MR) is 113 cm³/mol. The Morgan fingerprint density at radius 1 is 1.17 bits per heavy atom. The van der Waals surface area contributed by atoms with Crippen LogP contribution in [-0.4, -0.2) is 53.5 Å². The van der Waals surface area contributed by atoms with Crippen LogP contribution in [0.3, 0.4) is 0 Å². The highest BCUT2D eigenvalue weighted by atomic mass is 16.2. The zero-order valence-corrected chi connectivity index (χ0v) is 17.6. The molecule has 0 spiro atoms. The third kappa shape index (κ3) is 5.44. The molecule has 2 amide bonds. The lowest BCUT2D eigenvalue weighted by Crippen LogP contribution is -2.30. The molecule has 0 saturated carbocycles. The summed E-state index contributed by atoms with van der Waals surface area (Å²) in [5, 5.41) is 5.90. The van der Waals surface area contributed by atoms with Crippen LogP contribution < -0.4 is 10.6 Å². The van der Waals surface area contributed by atoms with Crippen LogP contribution in [0, 0.1) is 6.92 Å². The van der Waals surface area contributed by atoms with E-state index in [4.69, 9.17) is 0 Å². The Balaban J connectivity index is 1.70. The zero-order valence-electron chi connectivity index (χ0n) is 17.6. The van der Waals surface area contributed by atoms with Crippen molar-refractivity contribution < 1.29 is 9.59 Å². The summed E-state index contributed by atoms with van der Waals surface area (Å²) in [6, 6.07) is 8.05. The second-order valence-electron chi connectivity index (χ2n) is 7.92. The highest BCUT2D eigenvalue weighted by molar-refractivity contribution is 5.97. The summed E-state index contributed by atoms with van der Waals surface area (Å²) in [5.41, 5.74) is 3.46. The average Bonchev–Trinajstić information content (AvgIpc) is 3.09. The molecule has 1 aromatic carbocycles. The maximum atomic E-state index is 12.8. The molecule has 1 aliphatic heterocycles. The summed E-state index contributed by atoms with van der Waals surface area (Å²) >= 11 is 0. The molecule has 0 unspecified atom stereocenters.